The molecule has 2 rings (SSSR count). The lowest BCUT2D eigenvalue weighted by atomic mass is 10.2. The molecule has 0 aliphatic heterocycles. The van der Waals surface area contributed by atoms with Gasteiger partial charge < -0.3 is 5.73 Å². The summed E-state index contributed by atoms with van der Waals surface area (Å²) in [6.07, 6.45) is 0. The molecule has 0 saturated heterocycles. The van der Waals surface area contributed by atoms with Gasteiger partial charge in [0.15, 0.2) is 9.84 Å². The molecule has 5 heteroatoms. The number of nitrogens with two attached hydrogens (primary N) is 1. The van der Waals surface area contributed by atoms with Gasteiger partial charge in [-0.1, -0.05) is 46.3 Å². The molecule has 19 heavy (non-hydrogen) atoms. The molecule has 0 heterocycles. The number of anilines is 1. The second-order valence-corrected chi connectivity index (χ2v) is 7.43. The predicted octanol–water partition coefficient (Wildman–Crippen LogP) is 3.57. The van der Waals surface area contributed by atoms with Gasteiger partial charge in [-0.25, -0.2) is 8.42 Å². The SMILES string of the molecule is CC(c1ccccc1)S(=O)(=O)c1ccc(Br)cc1N. The van der Waals surface area contributed by atoms with Gasteiger partial charge in [0.25, 0.3) is 0 Å². The van der Waals surface area contributed by atoms with Crippen LogP contribution in [0.25, 0.3) is 0 Å². The van der Waals surface area contributed by atoms with Crippen molar-refractivity contribution in [2.45, 2.75) is 17.1 Å². The average molecular weight is 340 g/mol. The minimum absolute atomic E-state index is 0.173. The van der Waals surface area contributed by atoms with Crippen molar-refractivity contribution in [1.82, 2.24) is 0 Å². The fourth-order valence-electron chi connectivity index (χ4n) is 1.87. The Morgan fingerprint density at radius 3 is 2.32 bits per heavy atom. The molecule has 0 aromatic heterocycles. The lowest BCUT2D eigenvalue weighted by Gasteiger charge is -2.15. The average Bonchev–Trinajstić information content (AvgIpc) is 2.38. The van der Waals surface area contributed by atoms with Crippen LogP contribution in [0.2, 0.25) is 0 Å². The van der Waals surface area contributed by atoms with Crippen molar-refractivity contribution in [3.8, 4) is 0 Å². The van der Waals surface area contributed by atoms with Crippen LogP contribution in [0.3, 0.4) is 0 Å². The van der Waals surface area contributed by atoms with Gasteiger partial charge in [0, 0.05) is 4.47 Å². The molecule has 0 aliphatic rings. The standard InChI is InChI=1S/C14H14BrNO2S/c1-10(11-5-3-2-4-6-11)19(17,18)14-8-7-12(15)9-13(14)16/h2-10H,16H2,1H3. The number of sulfone groups is 1. The first-order valence-corrected chi connectivity index (χ1v) is 8.10. The Kier molecular flexibility index (Phi) is 3.96. The molecule has 0 amide bonds. The fraction of sp³-hybridized carbons (Fsp3) is 0.143. The first-order chi connectivity index (χ1) is 8.93. The van der Waals surface area contributed by atoms with Gasteiger partial charge in [0.1, 0.15) is 0 Å². The van der Waals surface area contributed by atoms with Crippen LogP contribution in [0.4, 0.5) is 5.69 Å². The summed E-state index contributed by atoms with van der Waals surface area (Å²) in [5, 5.41) is -0.628. The topological polar surface area (TPSA) is 60.2 Å². The van der Waals surface area contributed by atoms with Crippen LogP contribution in [0.15, 0.2) is 57.9 Å². The zero-order valence-electron chi connectivity index (χ0n) is 10.4. The molecule has 3 nitrogen and oxygen atoms in total. The molecule has 1 atom stereocenters. The first-order valence-electron chi connectivity index (χ1n) is 5.77. The highest BCUT2D eigenvalue weighted by atomic mass is 79.9. The minimum atomic E-state index is -3.49. The summed E-state index contributed by atoms with van der Waals surface area (Å²) in [4.78, 5) is 0.173. The predicted molar refractivity (Wildman–Crippen MR) is 80.6 cm³/mol. The van der Waals surface area contributed by atoms with Gasteiger partial charge >= 0.3 is 0 Å². The Bertz CT molecular complexity index is 684. The van der Waals surface area contributed by atoms with E-state index in [1.165, 1.54) is 6.07 Å². The molecule has 0 aliphatic carbocycles. The summed E-state index contributed by atoms with van der Waals surface area (Å²) in [5.41, 5.74) is 6.83. The summed E-state index contributed by atoms with van der Waals surface area (Å²) in [6, 6.07) is 13.9. The van der Waals surface area contributed by atoms with E-state index in [2.05, 4.69) is 15.9 Å². The Hall–Kier alpha value is -1.33. The highest BCUT2D eigenvalue weighted by molar-refractivity contribution is 9.10. The zero-order valence-corrected chi connectivity index (χ0v) is 12.8. The third-order valence-corrected chi connectivity index (χ3v) is 5.69. The number of hydrogen-bond acceptors (Lipinski definition) is 3. The van der Waals surface area contributed by atoms with Crippen LogP contribution in [-0.4, -0.2) is 8.42 Å². The number of halogens is 1. The van der Waals surface area contributed by atoms with Crippen LogP contribution < -0.4 is 5.73 Å². The van der Waals surface area contributed by atoms with E-state index in [1.54, 1.807) is 31.2 Å². The first kappa shape index (κ1) is 14.1. The zero-order chi connectivity index (χ0) is 14.0. The van der Waals surface area contributed by atoms with Gasteiger partial charge in [-0.15, -0.1) is 0 Å². The van der Waals surface area contributed by atoms with Crippen molar-refractivity contribution in [3.05, 3.63) is 58.6 Å². The maximum atomic E-state index is 12.6. The highest BCUT2D eigenvalue weighted by Crippen LogP contribution is 2.32. The third kappa shape index (κ3) is 2.82. The third-order valence-electron chi connectivity index (χ3n) is 3.01. The van der Waals surface area contributed by atoms with Crippen LogP contribution in [-0.2, 0) is 9.84 Å². The number of rotatable bonds is 3. The lowest BCUT2D eigenvalue weighted by Crippen LogP contribution is -2.12. The smallest absolute Gasteiger partial charge is 0.187 e. The van der Waals surface area contributed by atoms with Crippen molar-refractivity contribution < 1.29 is 8.42 Å². The molecule has 1 unspecified atom stereocenters. The van der Waals surface area contributed by atoms with Crippen LogP contribution in [0, 0.1) is 0 Å². The maximum absolute atomic E-state index is 12.6. The van der Waals surface area contributed by atoms with E-state index in [-0.39, 0.29) is 10.6 Å². The van der Waals surface area contributed by atoms with Crippen molar-refractivity contribution >= 4 is 31.5 Å². The molecule has 0 saturated carbocycles. The van der Waals surface area contributed by atoms with Crippen molar-refractivity contribution in [2.24, 2.45) is 0 Å². The molecule has 100 valence electrons. The molecule has 2 N–H and O–H groups in total. The normalized spacial score (nSPS) is 13.2. The number of nitrogen functional groups attached to an aromatic ring is 1. The molecule has 2 aromatic carbocycles. The van der Waals surface area contributed by atoms with Crippen molar-refractivity contribution in [2.75, 3.05) is 5.73 Å². The van der Waals surface area contributed by atoms with E-state index in [0.717, 1.165) is 10.0 Å². The van der Waals surface area contributed by atoms with Gasteiger partial charge in [-0.2, -0.15) is 0 Å². The molecule has 0 radical (unpaired) electrons. The Morgan fingerprint density at radius 2 is 1.74 bits per heavy atom. The Morgan fingerprint density at radius 1 is 1.11 bits per heavy atom. The summed E-state index contributed by atoms with van der Waals surface area (Å²) in [5.74, 6) is 0. The molecular weight excluding hydrogens is 326 g/mol. The van der Waals surface area contributed by atoms with Gasteiger partial charge in [0.2, 0.25) is 0 Å². The van der Waals surface area contributed by atoms with Crippen molar-refractivity contribution in [3.63, 3.8) is 0 Å². The number of benzene rings is 2. The van der Waals surface area contributed by atoms with Crippen LogP contribution in [0.5, 0.6) is 0 Å². The van der Waals surface area contributed by atoms with E-state index in [4.69, 9.17) is 5.73 Å². The largest absolute Gasteiger partial charge is 0.398 e. The summed E-state index contributed by atoms with van der Waals surface area (Å²) >= 11 is 3.27. The van der Waals surface area contributed by atoms with E-state index in [9.17, 15) is 8.42 Å². The van der Waals surface area contributed by atoms with Gasteiger partial charge in [0.05, 0.1) is 15.8 Å². The maximum Gasteiger partial charge on any atom is 0.187 e. The molecule has 0 bridgehead atoms. The Labute approximate surface area is 121 Å². The van der Waals surface area contributed by atoms with E-state index >= 15 is 0 Å². The fourth-order valence-corrected chi connectivity index (χ4v) is 3.79. The highest BCUT2D eigenvalue weighted by Gasteiger charge is 2.26. The van der Waals surface area contributed by atoms with Crippen LogP contribution in [0.1, 0.15) is 17.7 Å². The van der Waals surface area contributed by atoms with Crippen LogP contribution >= 0.6 is 15.9 Å². The lowest BCUT2D eigenvalue weighted by molar-refractivity contribution is 0.586. The van der Waals surface area contributed by atoms with E-state index < -0.39 is 15.1 Å². The number of hydrogen-bond donors (Lipinski definition) is 1. The quantitative estimate of drug-likeness (QED) is 0.869. The van der Waals surface area contributed by atoms with E-state index in [1.807, 2.05) is 18.2 Å². The van der Waals surface area contributed by atoms with Crippen molar-refractivity contribution in [1.29, 1.82) is 0 Å². The monoisotopic (exact) mass is 339 g/mol. The second-order valence-electron chi connectivity index (χ2n) is 4.28. The van der Waals surface area contributed by atoms with Gasteiger partial charge in [-0.05, 0) is 30.7 Å². The second kappa shape index (κ2) is 5.35. The summed E-state index contributed by atoms with van der Waals surface area (Å²) < 4.78 is 25.9. The van der Waals surface area contributed by atoms with Gasteiger partial charge in [-0.3, -0.25) is 0 Å². The minimum Gasteiger partial charge on any atom is -0.398 e. The summed E-state index contributed by atoms with van der Waals surface area (Å²) in [7, 11) is -3.49. The Balaban J connectivity index is 2.48. The molecule has 0 fully saturated rings. The molecule has 0 spiro atoms. The molecule has 2 aromatic rings. The van der Waals surface area contributed by atoms with E-state index in [0.29, 0.717) is 0 Å². The summed E-state index contributed by atoms with van der Waals surface area (Å²) in [6.45, 7) is 1.67. The molecular formula is C14H14BrNO2S.